The molecule has 1 fully saturated rings. The van der Waals surface area contributed by atoms with E-state index in [0.717, 1.165) is 39.3 Å². The van der Waals surface area contributed by atoms with Gasteiger partial charge in [-0.25, -0.2) is 0 Å². The second kappa shape index (κ2) is 6.69. The van der Waals surface area contributed by atoms with Crippen LogP contribution in [0.2, 0.25) is 0 Å². The van der Waals surface area contributed by atoms with Crippen LogP contribution in [0.25, 0.3) is 0 Å². The minimum Gasteiger partial charge on any atom is -0.394 e. The summed E-state index contributed by atoms with van der Waals surface area (Å²) in [7, 11) is 0. The van der Waals surface area contributed by atoms with Gasteiger partial charge in [0, 0.05) is 38.8 Å². The summed E-state index contributed by atoms with van der Waals surface area (Å²) >= 11 is 0. The van der Waals surface area contributed by atoms with Crippen LogP contribution in [-0.2, 0) is 0 Å². The summed E-state index contributed by atoms with van der Waals surface area (Å²) in [5.74, 6) is 0. The van der Waals surface area contributed by atoms with Crippen molar-refractivity contribution in [3.8, 4) is 0 Å². The first-order valence-electron chi connectivity index (χ1n) is 6.82. The molecule has 1 atom stereocenters. The monoisotopic (exact) mass is 243 g/mol. The Morgan fingerprint density at radius 3 is 2.12 bits per heavy atom. The molecule has 1 unspecified atom stereocenters. The quantitative estimate of drug-likeness (QED) is 0.707. The summed E-state index contributed by atoms with van der Waals surface area (Å²) in [5, 5.41) is 13.0. The molecule has 0 aliphatic carbocycles. The maximum atomic E-state index is 9.56. The molecule has 0 bridgehead atoms. The SMILES string of the molecule is CCN1CCN(CC(C)(CO)NC(C)C)CC1. The van der Waals surface area contributed by atoms with E-state index >= 15 is 0 Å². The number of piperazine rings is 1. The van der Waals surface area contributed by atoms with Crippen LogP contribution in [0.1, 0.15) is 27.7 Å². The zero-order valence-electron chi connectivity index (χ0n) is 11.9. The lowest BCUT2D eigenvalue weighted by Gasteiger charge is -2.40. The van der Waals surface area contributed by atoms with E-state index in [1.54, 1.807) is 0 Å². The average molecular weight is 243 g/mol. The summed E-state index contributed by atoms with van der Waals surface area (Å²) < 4.78 is 0. The fraction of sp³-hybridized carbons (Fsp3) is 1.00. The van der Waals surface area contributed by atoms with Crippen LogP contribution >= 0.6 is 0 Å². The van der Waals surface area contributed by atoms with Gasteiger partial charge in [0.05, 0.1) is 12.1 Å². The Morgan fingerprint density at radius 1 is 1.18 bits per heavy atom. The fourth-order valence-corrected chi connectivity index (χ4v) is 2.60. The van der Waals surface area contributed by atoms with E-state index in [0.29, 0.717) is 6.04 Å². The van der Waals surface area contributed by atoms with Crippen molar-refractivity contribution < 1.29 is 5.11 Å². The lowest BCUT2D eigenvalue weighted by Crippen LogP contribution is -2.59. The topological polar surface area (TPSA) is 38.7 Å². The predicted octanol–water partition coefficient (Wildman–Crippen LogP) is 0.373. The molecule has 1 aliphatic heterocycles. The van der Waals surface area contributed by atoms with Gasteiger partial charge in [-0.1, -0.05) is 20.8 Å². The van der Waals surface area contributed by atoms with Gasteiger partial charge in [-0.2, -0.15) is 0 Å². The maximum absolute atomic E-state index is 9.56. The van der Waals surface area contributed by atoms with Crippen molar-refractivity contribution in [1.29, 1.82) is 0 Å². The summed E-state index contributed by atoms with van der Waals surface area (Å²) in [4.78, 5) is 4.93. The fourth-order valence-electron chi connectivity index (χ4n) is 2.60. The van der Waals surface area contributed by atoms with Crippen molar-refractivity contribution in [1.82, 2.24) is 15.1 Å². The Labute approximate surface area is 106 Å². The molecule has 2 N–H and O–H groups in total. The van der Waals surface area contributed by atoms with E-state index in [-0.39, 0.29) is 12.1 Å². The molecule has 0 radical (unpaired) electrons. The third-order valence-corrected chi connectivity index (χ3v) is 3.47. The van der Waals surface area contributed by atoms with Gasteiger partial charge in [-0.15, -0.1) is 0 Å². The van der Waals surface area contributed by atoms with Gasteiger partial charge in [0.15, 0.2) is 0 Å². The smallest absolute Gasteiger partial charge is 0.0623 e. The van der Waals surface area contributed by atoms with Crippen molar-refractivity contribution in [2.45, 2.75) is 39.3 Å². The van der Waals surface area contributed by atoms with Gasteiger partial charge < -0.3 is 15.3 Å². The first-order valence-corrected chi connectivity index (χ1v) is 6.82. The van der Waals surface area contributed by atoms with Crippen LogP contribution in [0.3, 0.4) is 0 Å². The third-order valence-electron chi connectivity index (χ3n) is 3.47. The molecule has 0 aromatic heterocycles. The van der Waals surface area contributed by atoms with E-state index in [4.69, 9.17) is 0 Å². The average Bonchev–Trinajstić information content (AvgIpc) is 2.29. The number of nitrogens with zero attached hydrogens (tertiary/aromatic N) is 2. The molecule has 1 aliphatic rings. The van der Waals surface area contributed by atoms with Crippen molar-refractivity contribution >= 4 is 0 Å². The van der Waals surface area contributed by atoms with Crippen molar-refractivity contribution in [2.24, 2.45) is 0 Å². The number of likely N-dealkylation sites (N-methyl/N-ethyl adjacent to an activating group) is 1. The van der Waals surface area contributed by atoms with E-state index in [1.165, 1.54) is 0 Å². The minimum atomic E-state index is -0.178. The van der Waals surface area contributed by atoms with Gasteiger partial charge >= 0.3 is 0 Å². The Balaban J connectivity index is 2.41. The van der Waals surface area contributed by atoms with Gasteiger partial charge in [0.1, 0.15) is 0 Å². The van der Waals surface area contributed by atoms with Crippen LogP contribution in [-0.4, -0.2) is 72.4 Å². The molecule has 0 saturated carbocycles. The molecule has 1 heterocycles. The van der Waals surface area contributed by atoms with Gasteiger partial charge in [0.25, 0.3) is 0 Å². The molecule has 0 aromatic carbocycles. The molecule has 0 amide bonds. The van der Waals surface area contributed by atoms with Crippen LogP contribution < -0.4 is 5.32 Å². The first-order chi connectivity index (χ1) is 7.99. The molecule has 1 rings (SSSR count). The molecule has 1 saturated heterocycles. The highest BCUT2D eigenvalue weighted by Gasteiger charge is 2.28. The van der Waals surface area contributed by atoms with Gasteiger partial charge in [0.2, 0.25) is 0 Å². The summed E-state index contributed by atoms with van der Waals surface area (Å²) in [6, 6.07) is 0.407. The number of rotatable bonds is 6. The normalized spacial score (nSPS) is 22.9. The summed E-state index contributed by atoms with van der Waals surface area (Å²) in [6.07, 6.45) is 0. The van der Waals surface area contributed by atoms with Crippen molar-refractivity contribution in [3.05, 3.63) is 0 Å². The number of nitrogens with one attached hydrogen (secondary N) is 1. The highest BCUT2D eigenvalue weighted by atomic mass is 16.3. The van der Waals surface area contributed by atoms with Gasteiger partial charge in [-0.3, -0.25) is 4.90 Å². The standard InChI is InChI=1S/C13H29N3O/c1-5-15-6-8-16(9-7-15)10-13(4,11-17)14-12(2)3/h12,14,17H,5-11H2,1-4H3. The molecular formula is C13H29N3O. The largest absolute Gasteiger partial charge is 0.394 e. The van der Waals surface area contributed by atoms with Crippen molar-refractivity contribution in [2.75, 3.05) is 45.9 Å². The molecule has 4 heteroatoms. The summed E-state index contributed by atoms with van der Waals surface area (Å²) in [5.41, 5.74) is -0.178. The Hall–Kier alpha value is -0.160. The predicted molar refractivity (Wildman–Crippen MR) is 72.3 cm³/mol. The van der Waals surface area contributed by atoms with E-state index in [1.807, 2.05) is 0 Å². The molecule has 0 spiro atoms. The van der Waals surface area contributed by atoms with Crippen LogP contribution in [0.5, 0.6) is 0 Å². The number of aliphatic hydroxyl groups is 1. The second-order valence-corrected chi connectivity index (χ2v) is 5.73. The van der Waals surface area contributed by atoms with Crippen LogP contribution in [0.4, 0.5) is 0 Å². The molecule has 17 heavy (non-hydrogen) atoms. The Bertz CT molecular complexity index is 215. The zero-order valence-corrected chi connectivity index (χ0v) is 11.9. The highest BCUT2D eigenvalue weighted by molar-refractivity contribution is 4.88. The number of hydrogen-bond donors (Lipinski definition) is 2. The molecule has 102 valence electrons. The maximum Gasteiger partial charge on any atom is 0.0623 e. The second-order valence-electron chi connectivity index (χ2n) is 5.73. The number of aliphatic hydroxyl groups excluding tert-OH is 1. The van der Waals surface area contributed by atoms with Crippen LogP contribution in [0.15, 0.2) is 0 Å². The molecule has 4 nitrogen and oxygen atoms in total. The highest BCUT2D eigenvalue weighted by Crippen LogP contribution is 2.10. The zero-order chi connectivity index (χ0) is 12.9. The lowest BCUT2D eigenvalue weighted by molar-refractivity contribution is 0.0766. The molecule has 0 aromatic rings. The van der Waals surface area contributed by atoms with E-state index in [9.17, 15) is 5.11 Å². The summed E-state index contributed by atoms with van der Waals surface area (Å²) in [6.45, 7) is 15.4. The van der Waals surface area contributed by atoms with Gasteiger partial charge in [-0.05, 0) is 13.5 Å². The van der Waals surface area contributed by atoms with Crippen molar-refractivity contribution in [3.63, 3.8) is 0 Å². The Morgan fingerprint density at radius 2 is 1.71 bits per heavy atom. The van der Waals surface area contributed by atoms with Crippen LogP contribution in [0, 0.1) is 0 Å². The molecular weight excluding hydrogens is 214 g/mol. The number of hydrogen-bond acceptors (Lipinski definition) is 4. The third kappa shape index (κ3) is 4.92. The first kappa shape index (κ1) is 14.9. The van der Waals surface area contributed by atoms with E-state index in [2.05, 4.69) is 42.8 Å². The minimum absolute atomic E-state index is 0.178. The Kier molecular flexibility index (Phi) is 5.86. The van der Waals surface area contributed by atoms with E-state index < -0.39 is 0 Å². The lowest BCUT2D eigenvalue weighted by atomic mass is 10.0.